The molecule has 134 valence electrons. The first-order valence-corrected chi connectivity index (χ1v) is 9.82. The van der Waals surface area contributed by atoms with Gasteiger partial charge in [0.25, 0.3) is 5.91 Å². The average molecular weight is 360 g/mol. The second kappa shape index (κ2) is 7.32. The maximum atomic E-state index is 12.9. The van der Waals surface area contributed by atoms with Gasteiger partial charge in [0.05, 0.1) is 30.5 Å². The van der Waals surface area contributed by atoms with E-state index in [9.17, 15) is 4.79 Å². The van der Waals surface area contributed by atoms with Crippen LogP contribution in [0, 0.1) is 5.92 Å². The minimum atomic E-state index is 0.140. The number of hydrogen-bond donors (Lipinski definition) is 0. The molecule has 2 fully saturated rings. The maximum absolute atomic E-state index is 12.9. The number of amides is 1. The van der Waals surface area contributed by atoms with Gasteiger partial charge in [0.2, 0.25) is 0 Å². The van der Waals surface area contributed by atoms with E-state index >= 15 is 0 Å². The van der Waals surface area contributed by atoms with Crippen LogP contribution in [0.25, 0.3) is 0 Å². The Morgan fingerprint density at radius 3 is 3.08 bits per heavy atom. The monoisotopic (exact) mass is 360 g/mol. The first kappa shape index (κ1) is 16.8. The number of nitrogens with zero attached hydrogens (tertiary/aromatic N) is 2. The Bertz CT molecular complexity index is 686. The van der Waals surface area contributed by atoms with Gasteiger partial charge in [-0.05, 0) is 43.5 Å². The highest BCUT2D eigenvalue weighted by Crippen LogP contribution is 2.32. The summed E-state index contributed by atoms with van der Waals surface area (Å²) in [7, 11) is 2.10. The summed E-state index contributed by atoms with van der Waals surface area (Å²) < 4.78 is 11.6. The van der Waals surface area contributed by atoms with Gasteiger partial charge in [0.1, 0.15) is 5.76 Å². The number of likely N-dealkylation sites (N-methyl/N-ethyl adjacent to an activating group) is 1. The zero-order valence-corrected chi connectivity index (χ0v) is 15.3. The van der Waals surface area contributed by atoms with Crippen LogP contribution in [0.15, 0.2) is 39.6 Å². The van der Waals surface area contributed by atoms with E-state index in [1.807, 2.05) is 33.9 Å². The van der Waals surface area contributed by atoms with Crippen molar-refractivity contribution in [3.8, 4) is 0 Å². The number of carbonyl (C=O) groups excluding carboxylic acids is 1. The van der Waals surface area contributed by atoms with E-state index in [1.54, 1.807) is 17.6 Å². The van der Waals surface area contributed by atoms with Crippen molar-refractivity contribution in [3.63, 3.8) is 0 Å². The lowest BCUT2D eigenvalue weighted by Gasteiger charge is -2.48. The predicted molar refractivity (Wildman–Crippen MR) is 96.6 cm³/mol. The van der Waals surface area contributed by atoms with E-state index in [1.165, 1.54) is 0 Å². The third kappa shape index (κ3) is 3.52. The fourth-order valence-corrected chi connectivity index (χ4v) is 4.69. The standard InChI is InChI=1S/C19H24N2O3S/c1-20(11-16-5-3-7-23-16)17-12-21(19(22)15-6-9-25-13-15)10-14-4-2-8-24-18(14)17/h3,5-7,9,13-14,17-18H,2,4,8,10-12H2,1H3/t14-,17+,18-/m0/s1. The molecule has 25 heavy (non-hydrogen) atoms. The lowest BCUT2D eigenvalue weighted by Crippen LogP contribution is -2.61. The molecule has 6 heteroatoms. The van der Waals surface area contributed by atoms with Crippen LogP contribution in [0.1, 0.15) is 29.0 Å². The van der Waals surface area contributed by atoms with Crippen LogP contribution in [0.5, 0.6) is 0 Å². The molecule has 0 radical (unpaired) electrons. The van der Waals surface area contributed by atoms with E-state index < -0.39 is 0 Å². The summed E-state index contributed by atoms with van der Waals surface area (Å²) in [5.74, 6) is 1.49. The number of carbonyl (C=O) groups is 1. The Morgan fingerprint density at radius 2 is 2.32 bits per heavy atom. The minimum Gasteiger partial charge on any atom is -0.468 e. The number of rotatable bonds is 4. The lowest BCUT2D eigenvalue weighted by atomic mass is 9.84. The molecule has 5 nitrogen and oxygen atoms in total. The topological polar surface area (TPSA) is 45.9 Å². The van der Waals surface area contributed by atoms with Crippen molar-refractivity contribution in [1.82, 2.24) is 9.80 Å². The highest BCUT2D eigenvalue weighted by Gasteiger charge is 2.42. The molecule has 2 aliphatic heterocycles. The van der Waals surface area contributed by atoms with Crippen molar-refractivity contribution in [2.24, 2.45) is 5.92 Å². The summed E-state index contributed by atoms with van der Waals surface area (Å²) in [6, 6.07) is 6.01. The van der Waals surface area contributed by atoms with Gasteiger partial charge in [-0.1, -0.05) is 0 Å². The van der Waals surface area contributed by atoms with Gasteiger partial charge in [-0.25, -0.2) is 0 Å². The molecule has 0 aliphatic carbocycles. The Morgan fingerprint density at radius 1 is 1.40 bits per heavy atom. The SMILES string of the molecule is CN(Cc1ccco1)[C@@H]1CN(C(=O)c2ccsc2)C[C@@H]2CCCO[C@@H]21. The smallest absolute Gasteiger partial charge is 0.254 e. The molecule has 2 aromatic rings. The molecule has 4 heterocycles. The molecule has 0 spiro atoms. The fourth-order valence-electron chi connectivity index (χ4n) is 4.06. The Balaban J connectivity index is 1.53. The van der Waals surface area contributed by atoms with Crippen molar-refractivity contribution >= 4 is 17.2 Å². The Hall–Kier alpha value is -1.63. The number of fused-ring (bicyclic) bond motifs is 1. The van der Waals surface area contributed by atoms with Crippen LogP contribution in [0.4, 0.5) is 0 Å². The van der Waals surface area contributed by atoms with Crippen LogP contribution in [-0.4, -0.2) is 54.6 Å². The van der Waals surface area contributed by atoms with E-state index in [2.05, 4.69) is 11.9 Å². The van der Waals surface area contributed by atoms with Gasteiger partial charge in [0.15, 0.2) is 0 Å². The van der Waals surface area contributed by atoms with Gasteiger partial charge >= 0.3 is 0 Å². The molecule has 2 saturated heterocycles. The second-order valence-corrected chi connectivity index (χ2v) is 7.80. The van der Waals surface area contributed by atoms with Crippen molar-refractivity contribution in [1.29, 1.82) is 0 Å². The van der Waals surface area contributed by atoms with Gasteiger partial charge < -0.3 is 14.1 Å². The number of ether oxygens (including phenoxy) is 1. The van der Waals surface area contributed by atoms with Gasteiger partial charge in [0, 0.05) is 31.0 Å². The molecule has 2 aromatic heterocycles. The lowest BCUT2D eigenvalue weighted by molar-refractivity contribution is -0.106. The van der Waals surface area contributed by atoms with Crippen LogP contribution in [0.2, 0.25) is 0 Å². The van der Waals surface area contributed by atoms with Crippen molar-refractivity contribution in [3.05, 3.63) is 46.5 Å². The Labute approximate surface area is 152 Å². The highest BCUT2D eigenvalue weighted by atomic mass is 32.1. The molecule has 0 aromatic carbocycles. The van der Waals surface area contributed by atoms with E-state index in [0.29, 0.717) is 12.5 Å². The average Bonchev–Trinajstić information content (AvgIpc) is 3.34. The van der Waals surface area contributed by atoms with Crippen LogP contribution >= 0.6 is 11.3 Å². The number of thiophene rings is 1. The summed E-state index contributed by atoms with van der Waals surface area (Å²) in [6.07, 6.45) is 4.11. The fraction of sp³-hybridized carbons (Fsp3) is 0.526. The van der Waals surface area contributed by atoms with Gasteiger partial charge in [-0.3, -0.25) is 9.69 Å². The maximum Gasteiger partial charge on any atom is 0.254 e. The number of likely N-dealkylation sites (tertiary alicyclic amines) is 1. The van der Waals surface area contributed by atoms with Crippen LogP contribution in [0.3, 0.4) is 0 Å². The van der Waals surface area contributed by atoms with Gasteiger partial charge in [-0.2, -0.15) is 11.3 Å². The van der Waals surface area contributed by atoms with E-state index in [0.717, 1.165) is 43.9 Å². The molecule has 0 saturated carbocycles. The van der Waals surface area contributed by atoms with Crippen molar-refractivity contribution < 1.29 is 13.9 Å². The third-order valence-corrected chi connectivity index (χ3v) is 6.03. The summed E-state index contributed by atoms with van der Waals surface area (Å²) in [4.78, 5) is 17.2. The Kier molecular flexibility index (Phi) is 4.92. The van der Waals surface area contributed by atoms with Crippen LogP contribution in [-0.2, 0) is 11.3 Å². The predicted octanol–water partition coefficient (Wildman–Crippen LogP) is 3.09. The highest BCUT2D eigenvalue weighted by molar-refractivity contribution is 7.08. The first-order valence-electron chi connectivity index (χ1n) is 8.88. The van der Waals surface area contributed by atoms with Crippen LogP contribution < -0.4 is 0 Å². The minimum absolute atomic E-state index is 0.140. The molecule has 2 aliphatic rings. The molecule has 0 unspecified atom stereocenters. The molecular formula is C19H24N2O3S. The number of furan rings is 1. The summed E-state index contributed by atoms with van der Waals surface area (Å²) in [5.41, 5.74) is 0.799. The zero-order chi connectivity index (χ0) is 17.2. The first-order chi connectivity index (χ1) is 12.2. The third-order valence-electron chi connectivity index (χ3n) is 5.34. The number of piperidine rings is 1. The summed E-state index contributed by atoms with van der Waals surface area (Å²) >= 11 is 1.57. The largest absolute Gasteiger partial charge is 0.468 e. The van der Waals surface area contributed by atoms with E-state index in [4.69, 9.17) is 9.15 Å². The molecule has 4 rings (SSSR count). The summed E-state index contributed by atoms with van der Waals surface area (Å²) in [6.45, 7) is 3.05. The molecule has 0 N–H and O–H groups in total. The second-order valence-electron chi connectivity index (χ2n) is 7.02. The van der Waals surface area contributed by atoms with Gasteiger partial charge in [-0.15, -0.1) is 0 Å². The summed E-state index contributed by atoms with van der Waals surface area (Å²) in [5, 5.41) is 3.90. The quantitative estimate of drug-likeness (QED) is 0.841. The number of hydrogen-bond acceptors (Lipinski definition) is 5. The molecule has 0 bridgehead atoms. The van der Waals surface area contributed by atoms with Crippen molar-refractivity contribution in [2.75, 3.05) is 26.7 Å². The molecule has 3 atom stereocenters. The molecular weight excluding hydrogens is 336 g/mol. The normalized spacial score (nSPS) is 26.6. The zero-order valence-electron chi connectivity index (χ0n) is 14.5. The molecule has 1 amide bonds. The van der Waals surface area contributed by atoms with Crippen molar-refractivity contribution in [2.45, 2.75) is 31.5 Å². The van der Waals surface area contributed by atoms with E-state index in [-0.39, 0.29) is 18.1 Å².